The van der Waals surface area contributed by atoms with E-state index in [1.54, 1.807) is 36.4 Å². The van der Waals surface area contributed by atoms with Crippen LogP contribution in [0.15, 0.2) is 41.3 Å². The largest absolute Gasteiger partial charge is 0.496 e. The zero-order valence-electron chi connectivity index (χ0n) is 16.4. The van der Waals surface area contributed by atoms with Gasteiger partial charge in [0.25, 0.3) is 0 Å². The summed E-state index contributed by atoms with van der Waals surface area (Å²) < 4.78 is 40.5. The van der Waals surface area contributed by atoms with E-state index >= 15 is 0 Å². The highest BCUT2D eigenvalue weighted by molar-refractivity contribution is 7.91. The Bertz CT molecular complexity index is 922. The molecular formula is C20H25NO6S. The van der Waals surface area contributed by atoms with E-state index in [4.69, 9.17) is 14.2 Å². The van der Waals surface area contributed by atoms with Crippen molar-refractivity contribution in [1.29, 1.82) is 0 Å². The average molecular weight is 407 g/mol. The first-order chi connectivity index (χ1) is 13.3. The fourth-order valence-electron chi connectivity index (χ4n) is 2.60. The molecule has 2 aromatic rings. The molecule has 0 spiro atoms. The second-order valence-electron chi connectivity index (χ2n) is 6.18. The minimum atomic E-state index is -3.51. The predicted octanol–water partition coefficient (Wildman–Crippen LogP) is 2.50. The van der Waals surface area contributed by atoms with Crippen molar-refractivity contribution in [2.75, 3.05) is 27.1 Å². The normalized spacial score (nSPS) is 11.0. The summed E-state index contributed by atoms with van der Waals surface area (Å²) in [7, 11) is 1.04. The van der Waals surface area contributed by atoms with Gasteiger partial charge in [0.1, 0.15) is 5.75 Å². The maximum atomic E-state index is 12.3. The Kier molecular flexibility index (Phi) is 7.28. The first-order valence-corrected chi connectivity index (χ1v) is 10.3. The van der Waals surface area contributed by atoms with Crippen molar-refractivity contribution < 1.29 is 27.4 Å². The smallest absolute Gasteiger partial charge is 0.221 e. The summed E-state index contributed by atoms with van der Waals surface area (Å²) in [5.41, 5.74) is 1.66. The van der Waals surface area contributed by atoms with E-state index in [0.29, 0.717) is 22.8 Å². The van der Waals surface area contributed by atoms with Crippen LogP contribution in [0.1, 0.15) is 17.5 Å². The molecule has 2 rings (SSSR count). The Labute approximate surface area is 165 Å². The van der Waals surface area contributed by atoms with Gasteiger partial charge in [0, 0.05) is 24.6 Å². The monoisotopic (exact) mass is 407 g/mol. The lowest BCUT2D eigenvalue weighted by atomic mass is 10.1. The zero-order valence-corrected chi connectivity index (χ0v) is 17.3. The average Bonchev–Trinajstić information content (AvgIpc) is 2.70. The third kappa shape index (κ3) is 5.39. The Morgan fingerprint density at radius 1 is 0.929 bits per heavy atom. The highest BCUT2D eigenvalue weighted by atomic mass is 32.2. The molecule has 0 atom stereocenters. The number of amides is 1. The third-order valence-corrected chi connectivity index (χ3v) is 5.97. The summed E-state index contributed by atoms with van der Waals surface area (Å²) in [4.78, 5) is 12.4. The van der Waals surface area contributed by atoms with Crippen LogP contribution in [-0.4, -0.2) is 41.4 Å². The first-order valence-electron chi connectivity index (χ1n) is 8.65. The van der Waals surface area contributed by atoms with E-state index in [-0.39, 0.29) is 29.5 Å². The van der Waals surface area contributed by atoms with Gasteiger partial charge in [0.05, 0.1) is 32.0 Å². The molecule has 0 unspecified atom stereocenters. The van der Waals surface area contributed by atoms with E-state index in [1.807, 2.05) is 6.92 Å². The number of ether oxygens (including phenoxy) is 3. The molecule has 0 saturated heterocycles. The van der Waals surface area contributed by atoms with Crippen LogP contribution in [0.2, 0.25) is 0 Å². The second kappa shape index (κ2) is 9.45. The Morgan fingerprint density at radius 2 is 1.50 bits per heavy atom. The maximum absolute atomic E-state index is 12.3. The molecule has 0 fully saturated rings. The minimum absolute atomic E-state index is 0.133. The standard InChI is InChI=1S/C20H25NO6S/c1-14-5-7-16(8-6-14)28(23,24)10-9-20(22)21-13-15-11-18(26-3)19(27-4)12-17(15)25-2/h5-8,11-12H,9-10,13H2,1-4H3,(H,21,22). The Balaban J connectivity index is 1.99. The number of nitrogens with one attached hydrogen (secondary N) is 1. The molecule has 0 bridgehead atoms. The molecule has 2 aromatic carbocycles. The highest BCUT2D eigenvalue weighted by Crippen LogP contribution is 2.34. The van der Waals surface area contributed by atoms with Gasteiger partial charge in [0.2, 0.25) is 5.91 Å². The summed E-state index contributed by atoms with van der Waals surface area (Å²) in [6.45, 7) is 2.05. The fourth-order valence-corrected chi connectivity index (χ4v) is 3.84. The zero-order chi connectivity index (χ0) is 20.7. The van der Waals surface area contributed by atoms with Gasteiger partial charge in [0.15, 0.2) is 21.3 Å². The molecule has 0 aliphatic carbocycles. The van der Waals surface area contributed by atoms with Crippen molar-refractivity contribution in [1.82, 2.24) is 5.32 Å². The topological polar surface area (TPSA) is 90.9 Å². The van der Waals surface area contributed by atoms with Crippen molar-refractivity contribution in [3.05, 3.63) is 47.5 Å². The molecule has 0 radical (unpaired) electrons. The summed E-state index contributed by atoms with van der Waals surface area (Å²) >= 11 is 0. The summed E-state index contributed by atoms with van der Waals surface area (Å²) in [5.74, 6) is 0.927. The molecule has 0 saturated carbocycles. The molecule has 0 aliphatic heterocycles. The molecule has 152 valence electrons. The van der Waals surface area contributed by atoms with E-state index < -0.39 is 9.84 Å². The number of carbonyl (C=O) groups is 1. The van der Waals surface area contributed by atoms with Gasteiger partial charge in [-0.2, -0.15) is 0 Å². The number of hydrogen-bond acceptors (Lipinski definition) is 6. The van der Waals surface area contributed by atoms with Crippen LogP contribution >= 0.6 is 0 Å². The molecular weight excluding hydrogens is 382 g/mol. The Hall–Kier alpha value is -2.74. The van der Waals surface area contributed by atoms with E-state index in [0.717, 1.165) is 5.56 Å². The van der Waals surface area contributed by atoms with Crippen molar-refractivity contribution in [3.63, 3.8) is 0 Å². The number of aryl methyl sites for hydroxylation is 1. The lowest BCUT2D eigenvalue weighted by molar-refractivity contribution is -0.120. The van der Waals surface area contributed by atoms with Crippen molar-refractivity contribution >= 4 is 15.7 Å². The predicted molar refractivity (Wildman–Crippen MR) is 106 cm³/mol. The number of carbonyl (C=O) groups excluding carboxylic acids is 1. The van der Waals surface area contributed by atoms with Crippen LogP contribution in [0, 0.1) is 6.92 Å². The molecule has 7 nitrogen and oxygen atoms in total. The summed E-state index contributed by atoms with van der Waals surface area (Å²) in [6.07, 6.45) is -0.133. The number of rotatable bonds is 9. The Morgan fingerprint density at radius 3 is 2.07 bits per heavy atom. The van der Waals surface area contributed by atoms with Gasteiger partial charge in [-0.15, -0.1) is 0 Å². The lowest BCUT2D eigenvalue weighted by Crippen LogP contribution is -2.25. The van der Waals surface area contributed by atoms with E-state index in [1.165, 1.54) is 21.3 Å². The maximum Gasteiger partial charge on any atom is 0.221 e. The van der Waals surface area contributed by atoms with E-state index in [9.17, 15) is 13.2 Å². The molecule has 0 aliphatic rings. The van der Waals surface area contributed by atoms with Crippen LogP contribution in [0.5, 0.6) is 17.2 Å². The highest BCUT2D eigenvalue weighted by Gasteiger charge is 2.17. The second-order valence-corrected chi connectivity index (χ2v) is 8.29. The van der Waals surface area contributed by atoms with Gasteiger partial charge in [-0.3, -0.25) is 4.79 Å². The minimum Gasteiger partial charge on any atom is -0.496 e. The fraction of sp³-hybridized carbons (Fsp3) is 0.350. The van der Waals surface area contributed by atoms with Crippen LogP contribution in [0.4, 0.5) is 0 Å². The van der Waals surface area contributed by atoms with Crippen molar-refractivity contribution in [2.45, 2.75) is 24.8 Å². The number of benzene rings is 2. The first kappa shape index (κ1) is 21.6. The lowest BCUT2D eigenvalue weighted by Gasteiger charge is -2.14. The van der Waals surface area contributed by atoms with Crippen LogP contribution in [0.3, 0.4) is 0 Å². The van der Waals surface area contributed by atoms with Gasteiger partial charge in [-0.05, 0) is 25.1 Å². The van der Waals surface area contributed by atoms with E-state index in [2.05, 4.69) is 5.32 Å². The summed E-state index contributed by atoms with van der Waals surface area (Å²) in [6, 6.07) is 9.95. The number of hydrogen-bond donors (Lipinski definition) is 1. The third-order valence-electron chi connectivity index (χ3n) is 4.24. The van der Waals surface area contributed by atoms with Crippen LogP contribution in [0.25, 0.3) is 0 Å². The quantitative estimate of drug-likeness (QED) is 0.687. The van der Waals surface area contributed by atoms with Gasteiger partial charge in [-0.25, -0.2) is 8.42 Å². The molecule has 0 aromatic heterocycles. The van der Waals surface area contributed by atoms with Crippen molar-refractivity contribution in [3.8, 4) is 17.2 Å². The SMILES string of the molecule is COc1cc(OC)c(OC)cc1CNC(=O)CCS(=O)(=O)c1ccc(C)cc1. The van der Waals surface area contributed by atoms with Crippen molar-refractivity contribution in [2.24, 2.45) is 0 Å². The van der Waals surface area contributed by atoms with Crippen LogP contribution in [-0.2, 0) is 21.2 Å². The van der Waals surface area contributed by atoms with Gasteiger partial charge >= 0.3 is 0 Å². The van der Waals surface area contributed by atoms with Gasteiger partial charge < -0.3 is 19.5 Å². The molecule has 28 heavy (non-hydrogen) atoms. The van der Waals surface area contributed by atoms with Crippen LogP contribution < -0.4 is 19.5 Å². The number of sulfone groups is 1. The number of methoxy groups -OCH3 is 3. The molecule has 8 heteroatoms. The summed E-state index contributed by atoms with van der Waals surface area (Å²) in [5, 5.41) is 2.72. The molecule has 0 heterocycles. The molecule has 1 amide bonds. The molecule has 1 N–H and O–H groups in total. The van der Waals surface area contributed by atoms with Gasteiger partial charge in [-0.1, -0.05) is 17.7 Å².